The Morgan fingerprint density at radius 2 is 1.87 bits per heavy atom. The number of aliphatic hydroxyl groups excluding tert-OH is 1. The number of aryl methyl sites for hydroxylation is 1. The summed E-state index contributed by atoms with van der Waals surface area (Å²) >= 11 is 1.43. The van der Waals surface area contributed by atoms with Crippen molar-refractivity contribution < 1.29 is 14.6 Å². The van der Waals surface area contributed by atoms with Gasteiger partial charge in [0.25, 0.3) is 5.56 Å². The zero-order chi connectivity index (χ0) is 22.0. The number of carbonyl (C=O) groups is 1. The first-order chi connectivity index (χ1) is 14.9. The van der Waals surface area contributed by atoms with E-state index in [2.05, 4.69) is 4.98 Å². The Morgan fingerprint density at radius 3 is 2.55 bits per heavy atom. The third kappa shape index (κ3) is 4.57. The summed E-state index contributed by atoms with van der Waals surface area (Å²) in [5, 5.41) is 12.9. The summed E-state index contributed by atoms with van der Waals surface area (Å²) in [4.78, 5) is 29.5. The summed E-state index contributed by atoms with van der Waals surface area (Å²) in [7, 11) is 0. The van der Waals surface area contributed by atoms with E-state index in [0.29, 0.717) is 21.5 Å². The van der Waals surface area contributed by atoms with Crippen molar-refractivity contribution >= 4 is 27.3 Å². The van der Waals surface area contributed by atoms with Gasteiger partial charge in [-0.3, -0.25) is 14.2 Å². The van der Waals surface area contributed by atoms with Crippen molar-refractivity contribution in [2.45, 2.75) is 26.5 Å². The molecule has 0 spiro atoms. The lowest BCUT2D eigenvalue weighted by Gasteiger charge is -2.14. The van der Waals surface area contributed by atoms with Crippen molar-refractivity contribution in [1.29, 1.82) is 0 Å². The Bertz CT molecular complexity index is 1270. The Hall–Kier alpha value is -3.29. The van der Waals surface area contributed by atoms with Crippen LogP contribution < -0.4 is 10.3 Å². The highest BCUT2D eigenvalue weighted by Crippen LogP contribution is 2.30. The number of benzene rings is 2. The number of rotatable bonds is 7. The van der Waals surface area contributed by atoms with Crippen LogP contribution in [-0.2, 0) is 6.54 Å². The van der Waals surface area contributed by atoms with E-state index in [-0.39, 0.29) is 24.5 Å². The van der Waals surface area contributed by atoms with Crippen LogP contribution in [0.3, 0.4) is 0 Å². The molecule has 0 aliphatic heterocycles. The molecular weight excluding hydrogens is 412 g/mol. The lowest BCUT2D eigenvalue weighted by Crippen LogP contribution is -2.30. The number of Topliss-reactive ketones (excluding diaryl/α,β-unsaturated/α-hetero) is 1. The quantitative estimate of drug-likeness (QED) is 0.444. The zero-order valence-electron chi connectivity index (χ0n) is 17.2. The van der Waals surface area contributed by atoms with Gasteiger partial charge in [-0.25, -0.2) is 4.98 Å². The number of fused-ring (bicyclic) bond motifs is 1. The molecule has 6 nitrogen and oxygen atoms in total. The number of hydrogen-bond acceptors (Lipinski definition) is 6. The second-order valence-electron chi connectivity index (χ2n) is 7.44. The second kappa shape index (κ2) is 8.83. The van der Waals surface area contributed by atoms with Gasteiger partial charge in [-0.05, 0) is 43.7 Å². The van der Waals surface area contributed by atoms with Crippen molar-refractivity contribution in [1.82, 2.24) is 9.55 Å². The molecule has 2 aromatic heterocycles. The summed E-state index contributed by atoms with van der Waals surface area (Å²) in [5.41, 5.74) is 3.37. The fraction of sp³-hybridized carbons (Fsp3) is 0.208. The number of ketones is 1. The van der Waals surface area contributed by atoms with Crippen LogP contribution in [0.5, 0.6) is 5.75 Å². The highest BCUT2D eigenvalue weighted by atomic mass is 32.1. The van der Waals surface area contributed by atoms with Crippen LogP contribution in [0.1, 0.15) is 22.8 Å². The van der Waals surface area contributed by atoms with E-state index in [1.165, 1.54) is 29.2 Å². The van der Waals surface area contributed by atoms with Gasteiger partial charge in [0, 0.05) is 16.5 Å². The molecule has 0 saturated carbocycles. The van der Waals surface area contributed by atoms with Crippen LogP contribution in [0.25, 0.3) is 21.3 Å². The molecule has 0 saturated heterocycles. The molecule has 0 unspecified atom stereocenters. The Kier molecular flexibility index (Phi) is 5.97. The van der Waals surface area contributed by atoms with Gasteiger partial charge >= 0.3 is 0 Å². The maximum Gasteiger partial charge on any atom is 0.262 e. The van der Waals surface area contributed by atoms with Crippen LogP contribution in [0.15, 0.2) is 65.0 Å². The van der Waals surface area contributed by atoms with Crippen molar-refractivity contribution in [2.75, 3.05) is 6.61 Å². The average Bonchev–Trinajstić information content (AvgIpc) is 3.20. The minimum Gasteiger partial charge on any atom is -0.491 e. The van der Waals surface area contributed by atoms with Crippen LogP contribution in [0.4, 0.5) is 0 Å². The van der Waals surface area contributed by atoms with Crippen LogP contribution >= 0.6 is 11.3 Å². The Morgan fingerprint density at radius 1 is 1.16 bits per heavy atom. The van der Waals surface area contributed by atoms with E-state index in [1.807, 2.05) is 36.6 Å². The first kappa shape index (κ1) is 21.0. The smallest absolute Gasteiger partial charge is 0.262 e. The monoisotopic (exact) mass is 434 g/mol. The molecule has 2 heterocycles. The number of aliphatic hydroxyl groups is 1. The predicted molar refractivity (Wildman–Crippen MR) is 122 cm³/mol. The van der Waals surface area contributed by atoms with Crippen molar-refractivity contribution in [3.8, 4) is 16.9 Å². The summed E-state index contributed by atoms with van der Waals surface area (Å²) in [6.07, 6.45) is 0.566. The van der Waals surface area contributed by atoms with Gasteiger partial charge < -0.3 is 9.84 Å². The van der Waals surface area contributed by atoms with Crippen LogP contribution in [-0.4, -0.2) is 33.2 Å². The molecule has 1 atom stereocenters. The van der Waals surface area contributed by atoms with E-state index in [1.54, 1.807) is 24.3 Å². The minimum atomic E-state index is -0.897. The third-order valence-electron chi connectivity index (χ3n) is 5.03. The fourth-order valence-corrected chi connectivity index (χ4v) is 4.21. The van der Waals surface area contributed by atoms with Gasteiger partial charge in [0.15, 0.2) is 5.78 Å². The maximum absolute atomic E-state index is 13.1. The summed E-state index contributed by atoms with van der Waals surface area (Å²) in [6.45, 7) is 3.60. The first-order valence-corrected chi connectivity index (χ1v) is 10.8. The lowest BCUT2D eigenvalue weighted by atomic mass is 10.1. The number of carbonyl (C=O) groups excluding carboxylic acids is 1. The normalized spacial score (nSPS) is 12.1. The van der Waals surface area contributed by atoms with Gasteiger partial charge in [-0.15, -0.1) is 11.3 Å². The molecule has 158 valence electrons. The molecular formula is C24H22N2O4S. The molecule has 2 aromatic carbocycles. The van der Waals surface area contributed by atoms with E-state index >= 15 is 0 Å². The molecule has 0 aliphatic rings. The average molecular weight is 435 g/mol. The van der Waals surface area contributed by atoms with Crippen LogP contribution in [0, 0.1) is 6.92 Å². The number of ether oxygens (including phenoxy) is 1. The van der Waals surface area contributed by atoms with Crippen molar-refractivity contribution in [3.63, 3.8) is 0 Å². The largest absolute Gasteiger partial charge is 0.491 e. The van der Waals surface area contributed by atoms with Gasteiger partial charge in [-0.2, -0.15) is 0 Å². The molecule has 31 heavy (non-hydrogen) atoms. The second-order valence-corrected chi connectivity index (χ2v) is 8.30. The van der Waals surface area contributed by atoms with E-state index < -0.39 is 6.10 Å². The molecule has 1 N–H and O–H groups in total. The van der Waals surface area contributed by atoms with Gasteiger partial charge in [0.05, 0.1) is 18.3 Å². The zero-order valence-corrected chi connectivity index (χ0v) is 18.1. The van der Waals surface area contributed by atoms with Crippen LogP contribution in [0.2, 0.25) is 0 Å². The molecule has 0 bridgehead atoms. The molecule has 7 heteroatoms. The number of hydrogen-bond donors (Lipinski definition) is 1. The highest BCUT2D eigenvalue weighted by molar-refractivity contribution is 7.17. The maximum atomic E-state index is 13.1. The van der Waals surface area contributed by atoms with Gasteiger partial charge in [0.1, 0.15) is 23.3 Å². The summed E-state index contributed by atoms with van der Waals surface area (Å²) < 4.78 is 7.01. The molecule has 4 aromatic rings. The molecule has 0 fully saturated rings. The van der Waals surface area contributed by atoms with Crippen molar-refractivity contribution in [3.05, 3.63) is 81.7 Å². The minimum absolute atomic E-state index is 0.0123. The molecule has 4 rings (SSSR count). The van der Waals surface area contributed by atoms with Gasteiger partial charge in [-0.1, -0.05) is 29.8 Å². The fourth-order valence-electron chi connectivity index (χ4n) is 3.30. The van der Waals surface area contributed by atoms with E-state index in [9.17, 15) is 14.7 Å². The lowest BCUT2D eigenvalue weighted by molar-refractivity contribution is 0.0914. The Balaban J connectivity index is 1.51. The Labute approximate surface area is 183 Å². The van der Waals surface area contributed by atoms with E-state index in [0.717, 1.165) is 16.7 Å². The molecule has 0 radical (unpaired) electrons. The molecule has 0 amide bonds. The number of aromatic nitrogens is 2. The first-order valence-electron chi connectivity index (χ1n) is 9.88. The van der Waals surface area contributed by atoms with E-state index in [4.69, 9.17) is 4.74 Å². The topological polar surface area (TPSA) is 81.4 Å². The number of thiophene rings is 1. The SMILES string of the molecule is CC(=O)c1ccc(OC[C@H](O)Cn2cnc3scc(-c4ccc(C)cc4)c3c2=O)cc1. The highest BCUT2D eigenvalue weighted by Gasteiger charge is 2.15. The molecule has 0 aliphatic carbocycles. The van der Waals surface area contributed by atoms with Gasteiger partial charge in [0.2, 0.25) is 0 Å². The standard InChI is InChI=1S/C24H22N2O4S/c1-15-3-5-18(6-4-15)21-13-31-23-22(21)24(29)26(14-25-23)11-19(28)12-30-20-9-7-17(8-10-20)16(2)27/h3-10,13-14,19,28H,11-12H2,1-2H3/t19-/m1/s1. The summed E-state index contributed by atoms with van der Waals surface area (Å²) in [5.74, 6) is 0.525. The summed E-state index contributed by atoms with van der Waals surface area (Å²) in [6, 6.07) is 14.7. The third-order valence-corrected chi connectivity index (χ3v) is 5.92. The van der Waals surface area contributed by atoms with Crippen molar-refractivity contribution in [2.24, 2.45) is 0 Å². The predicted octanol–water partition coefficient (Wildman–Crippen LogP) is 4.08. The number of nitrogens with zero attached hydrogens (tertiary/aromatic N) is 2.